The molecule has 1 aromatic rings. The number of rotatable bonds is 4. The van der Waals surface area contributed by atoms with Crippen LogP contribution in [0.3, 0.4) is 0 Å². The van der Waals surface area contributed by atoms with E-state index in [-0.39, 0.29) is 25.1 Å². The third-order valence-corrected chi connectivity index (χ3v) is 2.87. The van der Waals surface area contributed by atoms with Gasteiger partial charge in [0.15, 0.2) is 0 Å². The molecule has 1 aromatic heterocycles. The van der Waals surface area contributed by atoms with Crippen LogP contribution in [0, 0.1) is 0 Å². The van der Waals surface area contributed by atoms with Gasteiger partial charge in [0.2, 0.25) is 11.9 Å². The molecule has 1 amide bonds. The lowest BCUT2D eigenvalue weighted by atomic mass is 10.2. The number of aliphatic hydroxyl groups excluding tert-OH is 1. The Morgan fingerprint density at radius 2 is 2.29 bits per heavy atom. The number of nitrogens with one attached hydrogen (secondary N) is 1. The number of aromatic nitrogens is 2. The van der Waals surface area contributed by atoms with Crippen molar-refractivity contribution in [2.75, 3.05) is 25.0 Å². The van der Waals surface area contributed by atoms with Gasteiger partial charge in [0.25, 0.3) is 0 Å². The molecule has 1 aliphatic heterocycles. The minimum atomic E-state index is -0.142. The van der Waals surface area contributed by atoms with E-state index >= 15 is 0 Å². The number of aliphatic hydroxyl groups is 1. The Morgan fingerprint density at radius 3 is 3.00 bits per heavy atom. The summed E-state index contributed by atoms with van der Waals surface area (Å²) in [5.74, 6) is 0.175. The van der Waals surface area contributed by atoms with E-state index in [9.17, 15) is 4.79 Å². The zero-order valence-corrected chi connectivity index (χ0v) is 9.54. The van der Waals surface area contributed by atoms with Crippen LogP contribution < -0.4 is 5.32 Å². The maximum Gasteiger partial charge on any atom is 0.240 e. The number of hydrogen-bond donors (Lipinski definition) is 2. The molecule has 0 unspecified atom stereocenters. The molecule has 2 rings (SSSR count). The summed E-state index contributed by atoms with van der Waals surface area (Å²) < 4.78 is 0. The highest BCUT2D eigenvalue weighted by Gasteiger charge is 2.25. The predicted molar refractivity (Wildman–Crippen MR) is 62.3 cm³/mol. The molecule has 1 atom stereocenters. The minimum absolute atomic E-state index is 0.106. The summed E-state index contributed by atoms with van der Waals surface area (Å²) in [5, 5.41) is 11.8. The van der Waals surface area contributed by atoms with Gasteiger partial charge in [-0.1, -0.05) is 0 Å². The molecule has 6 heteroatoms. The molecular weight excluding hydrogens is 220 g/mol. The molecule has 0 saturated carbocycles. The van der Waals surface area contributed by atoms with Crippen LogP contribution in [0.5, 0.6) is 0 Å². The summed E-state index contributed by atoms with van der Waals surface area (Å²) in [5.41, 5.74) is 0. The Morgan fingerprint density at radius 1 is 1.53 bits per heavy atom. The molecule has 2 heterocycles. The molecule has 92 valence electrons. The molecule has 17 heavy (non-hydrogen) atoms. The van der Waals surface area contributed by atoms with Crippen LogP contribution in [0.2, 0.25) is 0 Å². The third-order valence-electron chi connectivity index (χ3n) is 2.87. The molecule has 0 spiro atoms. The van der Waals surface area contributed by atoms with Crippen molar-refractivity contribution in [3.8, 4) is 0 Å². The number of likely N-dealkylation sites (tertiary alicyclic amines) is 1. The Labute approximate surface area is 99.7 Å². The number of anilines is 1. The first kappa shape index (κ1) is 11.9. The number of carbonyl (C=O) groups excluding carboxylic acids is 1. The Bertz CT molecular complexity index is 371. The SMILES string of the molecule is O=C(CN1CCC[C@@H]1CO)Nc1ncccn1. The minimum Gasteiger partial charge on any atom is -0.395 e. The monoisotopic (exact) mass is 236 g/mol. The van der Waals surface area contributed by atoms with Crippen LogP contribution in [-0.2, 0) is 4.79 Å². The second-order valence-corrected chi connectivity index (χ2v) is 4.07. The predicted octanol–water partition coefficient (Wildman–Crippen LogP) is -0.128. The Kier molecular flexibility index (Phi) is 4.00. The molecule has 1 saturated heterocycles. The normalized spacial score (nSPS) is 20.4. The first-order valence-corrected chi connectivity index (χ1v) is 5.71. The molecule has 0 radical (unpaired) electrons. The summed E-state index contributed by atoms with van der Waals surface area (Å²) in [7, 11) is 0. The van der Waals surface area contributed by atoms with Gasteiger partial charge >= 0.3 is 0 Å². The largest absolute Gasteiger partial charge is 0.395 e. The van der Waals surface area contributed by atoms with Crippen molar-refractivity contribution in [2.45, 2.75) is 18.9 Å². The van der Waals surface area contributed by atoms with Crippen LogP contribution in [0.15, 0.2) is 18.5 Å². The molecule has 0 aliphatic carbocycles. The van der Waals surface area contributed by atoms with E-state index in [1.165, 1.54) is 0 Å². The average molecular weight is 236 g/mol. The highest BCUT2D eigenvalue weighted by atomic mass is 16.3. The van der Waals surface area contributed by atoms with Crippen LogP contribution in [0.4, 0.5) is 5.95 Å². The topological polar surface area (TPSA) is 78.4 Å². The fraction of sp³-hybridized carbons (Fsp3) is 0.545. The van der Waals surface area contributed by atoms with Gasteiger partial charge in [0.1, 0.15) is 0 Å². The van der Waals surface area contributed by atoms with E-state index in [1.807, 2.05) is 4.90 Å². The molecule has 6 nitrogen and oxygen atoms in total. The van der Waals surface area contributed by atoms with Gasteiger partial charge in [0, 0.05) is 18.4 Å². The fourth-order valence-corrected chi connectivity index (χ4v) is 2.02. The molecular formula is C11H16N4O2. The van der Waals surface area contributed by atoms with Crippen LogP contribution in [-0.4, -0.2) is 51.6 Å². The van der Waals surface area contributed by atoms with E-state index in [2.05, 4.69) is 15.3 Å². The Balaban J connectivity index is 1.85. The maximum atomic E-state index is 11.7. The first-order valence-electron chi connectivity index (χ1n) is 5.71. The Hall–Kier alpha value is -1.53. The standard InChI is InChI=1S/C11H16N4O2/c16-8-9-3-1-6-15(9)7-10(17)14-11-12-4-2-5-13-11/h2,4-5,9,16H,1,3,6-8H2,(H,12,13,14,17)/t9-/m1/s1. The van der Waals surface area contributed by atoms with Crippen molar-refractivity contribution in [1.29, 1.82) is 0 Å². The van der Waals surface area contributed by atoms with Crippen LogP contribution in [0.1, 0.15) is 12.8 Å². The number of nitrogens with zero attached hydrogens (tertiary/aromatic N) is 3. The van der Waals surface area contributed by atoms with Crippen molar-refractivity contribution in [1.82, 2.24) is 14.9 Å². The van der Waals surface area contributed by atoms with Gasteiger partial charge in [-0.15, -0.1) is 0 Å². The quantitative estimate of drug-likeness (QED) is 0.761. The maximum absolute atomic E-state index is 11.7. The van der Waals surface area contributed by atoms with E-state index < -0.39 is 0 Å². The van der Waals surface area contributed by atoms with Crippen molar-refractivity contribution in [3.05, 3.63) is 18.5 Å². The second kappa shape index (κ2) is 5.70. The third kappa shape index (κ3) is 3.21. The molecule has 1 fully saturated rings. The van der Waals surface area contributed by atoms with Gasteiger partial charge in [-0.25, -0.2) is 9.97 Å². The second-order valence-electron chi connectivity index (χ2n) is 4.07. The van der Waals surface area contributed by atoms with Gasteiger partial charge in [-0.3, -0.25) is 15.0 Å². The molecule has 1 aliphatic rings. The highest BCUT2D eigenvalue weighted by Crippen LogP contribution is 2.15. The van der Waals surface area contributed by atoms with E-state index in [0.717, 1.165) is 19.4 Å². The number of hydrogen-bond acceptors (Lipinski definition) is 5. The lowest BCUT2D eigenvalue weighted by Crippen LogP contribution is -2.38. The zero-order valence-electron chi connectivity index (χ0n) is 9.54. The van der Waals surface area contributed by atoms with E-state index in [1.54, 1.807) is 18.5 Å². The van der Waals surface area contributed by atoms with Crippen molar-refractivity contribution >= 4 is 11.9 Å². The smallest absolute Gasteiger partial charge is 0.240 e. The van der Waals surface area contributed by atoms with Crippen LogP contribution >= 0.6 is 0 Å². The van der Waals surface area contributed by atoms with Crippen molar-refractivity contribution in [3.63, 3.8) is 0 Å². The van der Waals surface area contributed by atoms with E-state index in [4.69, 9.17) is 5.11 Å². The number of amides is 1. The highest BCUT2D eigenvalue weighted by molar-refractivity contribution is 5.90. The summed E-state index contributed by atoms with van der Waals surface area (Å²) in [6, 6.07) is 1.80. The van der Waals surface area contributed by atoms with Gasteiger partial charge in [-0.2, -0.15) is 0 Å². The molecule has 2 N–H and O–H groups in total. The number of carbonyl (C=O) groups is 1. The van der Waals surface area contributed by atoms with Crippen LogP contribution in [0.25, 0.3) is 0 Å². The van der Waals surface area contributed by atoms with E-state index in [0.29, 0.717) is 5.95 Å². The van der Waals surface area contributed by atoms with Gasteiger partial charge < -0.3 is 5.11 Å². The first-order chi connectivity index (χ1) is 8.29. The average Bonchev–Trinajstić information content (AvgIpc) is 2.77. The lowest BCUT2D eigenvalue weighted by molar-refractivity contribution is -0.117. The van der Waals surface area contributed by atoms with Crippen molar-refractivity contribution in [2.24, 2.45) is 0 Å². The molecule has 0 aromatic carbocycles. The summed E-state index contributed by atoms with van der Waals surface area (Å²) in [4.78, 5) is 21.5. The van der Waals surface area contributed by atoms with Crippen molar-refractivity contribution < 1.29 is 9.90 Å². The summed E-state index contributed by atoms with van der Waals surface area (Å²) >= 11 is 0. The molecule has 0 bridgehead atoms. The zero-order chi connectivity index (χ0) is 12.1. The summed E-state index contributed by atoms with van der Waals surface area (Å²) in [6.07, 6.45) is 5.13. The fourth-order valence-electron chi connectivity index (χ4n) is 2.02. The summed E-state index contributed by atoms with van der Waals surface area (Å²) in [6.45, 7) is 1.24. The lowest BCUT2D eigenvalue weighted by Gasteiger charge is -2.21. The van der Waals surface area contributed by atoms with Gasteiger partial charge in [0.05, 0.1) is 13.2 Å². The van der Waals surface area contributed by atoms with Gasteiger partial charge in [-0.05, 0) is 25.5 Å².